The third-order valence-corrected chi connectivity index (χ3v) is 11.4. The van der Waals surface area contributed by atoms with Gasteiger partial charge in [-0.2, -0.15) is 0 Å². The highest BCUT2D eigenvalue weighted by atomic mass is 32.2. The molecule has 2 rings (SSSR count). The summed E-state index contributed by atoms with van der Waals surface area (Å²) >= 11 is 1.61. The van der Waals surface area contributed by atoms with Gasteiger partial charge >= 0.3 is 6.19 Å². The molecule has 0 spiro atoms. The van der Waals surface area contributed by atoms with Crippen LogP contribution in [0.3, 0.4) is 0 Å². The van der Waals surface area contributed by atoms with Crippen molar-refractivity contribution in [1.82, 2.24) is 0 Å². The van der Waals surface area contributed by atoms with Crippen LogP contribution in [-0.4, -0.2) is 11.2 Å². The largest absolute Gasteiger partial charge is 0.441 e. The van der Waals surface area contributed by atoms with Gasteiger partial charge in [-0.25, -0.2) is 0 Å². The Morgan fingerprint density at radius 3 is 1.82 bits per heavy atom. The molecule has 0 aromatic heterocycles. The lowest BCUT2D eigenvalue weighted by atomic mass is 9.59. The van der Waals surface area contributed by atoms with Crippen LogP contribution in [0.25, 0.3) is 0 Å². The van der Waals surface area contributed by atoms with E-state index in [9.17, 15) is 5.02 Å². The lowest BCUT2D eigenvalue weighted by Gasteiger charge is -2.35. The van der Waals surface area contributed by atoms with Crippen molar-refractivity contribution in [2.45, 2.75) is 137 Å². The summed E-state index contributed by atoms with van der Waals surface area (Å²) in [5.74, 6) is 1.18. The summed E-state index contributed by atoms with van der Waals surface area (Å²) in [5, 5.41) is 10.9. The number of rotatable bonds is 13. The van der Waals surface area contributed by atoms with Crippen molar-refractivity contribution in [3.8, 4) is 0 Å². The molecule has 0 aliphatic rings. The molecule has 1 N–H and O–H groups in total. The van der Waals surface area contributed by atoms with Crippen LogP contribution >= 0.6 is 11.6 Å². The average molecular weight is 537 g/mol. The molecule has 0 amide bonds. The van der Waals surface area contributed by atoms with E-state index in [0.29, 0.717) is 11.3 Å². The highest BCUT2D eigenvalue weighted by Gasteiger charge is 2.37. The molecule has 212 valence electrons. The first-order valence-electron chi connectivity index (χ1n) is 15.2. The van der Waals surface area contributed by atoms with Crippen LogP contribution in [0.5, 0.6) is 0 Å². The van der Waals surface area contributed by atoms with E-state index >= 15 is 0 Å². The maximum Gasteiger partial charge on any atom is 0.369 e. The number of benzene rings is 2. The molecular weight excluding hydrogens is 479 g/mol. The molecule has 0 heterocycles. The molecule has 2 aromatic rings. The van der Waals surface area contributed by atoms with Crippen LogP contribution in [0.15, 0.2) is 41.3 Å². The van der Waals surface area contributed by atoms with E-state index in [4.69, 9.17) is 0 Å². The van der Waals surface area contributed by atoms with Crippen LogP contribution < -0.4 is 0 Å². The topological polar surface area (TPSA) is 20.2 Å². The van der Waals surface area contributed by atoms with Gasteiger partial charge < -0.3 is 5.02 Å². The molecule has 1 nitrogen and oxygen atoms in total. The van der Waals surface area contributed by atoms with E-state index < -0.39 is 6.19 Å². The summed E-state index contributed by atoms with van der Waals surface area (Å²) in [6, 6.07) is 14.2. The fourth-order valence-corrected chi connectivity index (χ4v) is 7.04. The van der Waals surface area contributed by atoms with Gasteiger partial charge in [0.1, 0.15) is 0 Å². The van der Waals surface area contributed by atoms with Crippen molar-refractivity contribution >= 4 is 17.8 Å². The molecule has 0 fully saturated rings. The predicted octanol–water partition coefficient (Wildman–Crippen LogP) is 10.8. The maximum atomic E-state index is 11.0. The second-order valence-corrected chi connectivity index (χ2v) is 14.9. The van der Waals surface area contributed by atoms with Crippen LogP contribution in [0.2, 0.25) is 5.31 Å². The first-order chi connectivity index (χ1) is 17.6. The Labute approximate surface area is 241 Å². The van der Waals surface area contributed by atoms with Crippen molar-refractivity contribution < 1.29 is 5.02 Å². The Balaban J connectivity index is 2.35. The van der Waals surface area contributed by atoms with Gasteiger partial charge in [0, 0.05) is 10.3 Å². The first kappa shape index (κ1) is 33.0. The third-order valence-electron chi connectivity index (χ3n) is 9.82. The Bertz CT molecular complexity index is 1030. The van der Waals surface area contributed by atoms with E-state index in [-0.39, 0.29) is 10.7 Å². The summed E-state index contributed by atoms with van der Waals surface area (Å²) in [5.41, 5.74) is 7.39. The summed E-state index contributed by atoms with van der Waals surface area (Å²) in [6.07, 6.45) is 6.72. The SMILES string of the molecule is CCCC(CCc1ccc(C(CC)(CC)c2ccc(SB(O)C(C)(C)C(C)C)c(C)c2)cc1C)C(C)(C)C. The van der Waals surface area contributed by atoms with Crippen molar-refractivity contribution in [2.75, 3.05) is 0 Å². The minimum absolute atomic E-state index is 0.00320. The zero-order valence-electron chi connectivity index (χ0n) is 26.8. The molecular formula is C35H57BOS. The number of hydrogen-bond acceptors (Lipinski definition) is 2. The summed E-state index contributed by atoms with van der Waals surface area (Å²) in [4.78, 5) is 1.18. The molecule has 1 unspecified atom stereocenters. The second kappa shape index (κ2) is 13.4. The van der Waals surface area contributed by atoms with Gasteiger partial charge in [0.05, 0.1) is 0 Å². The van der Waals surface area contributed by atoms with Gasteiger partial charge in [0.15, 0.2) is 0 Å². The normalized spacial score (nSPS) is 13.7. The van der Waals surface area contributed by atoms with Gasteiger partial charge in [-0.15, -0.1) is 11.6 Å². The number of aryl methyl sites for hydroxylation is 3. The minimum Gasteiger partial charge on any atom is -0.441 e. The second-order valence-electron chi connectivity index (χ2n) is 13.7. The fraction of sp³-hybridized carbons (Fsp3) is 0.657. The molecule has 0 aliphatic heterocycles. The van der Waals surface area contributed by atoms with E-state index in [1.807, 2.05) is 0 Å². The Hall–Kier alpha value is -1.19. The standard InChI is InChI=1S/C35H57BOS/c1-13-16-29(33(8,9)10)19-17-28-18-20-30(23-26(28)6)35(14-2,15-3)31-21-22-32(27(7)24-31)38-36(37)34(11,12)25(4)5/h18,20-25,29,37H,13-17,19H2,1-12H3. The lowest BCUT2D eigenvalue weighted by molar-refractivity contribution is 0.210. The molecule has 3 heteroatoms. The molecule has 0 radical (unpaired) electrons. The molecule has 2 aromatic carbocycles. The van der Waals surface area contributed by atoms with Crippen molar-refractivity contribution in [2.24, 2.45) is 17.3 Å². The van der Waals surface area contributed by atoms with Crippen molar-refractivity contribution in [3.63, 3.8) is 0 Å². The van der Waals surface area contributed by atoms with Crippen LogP contribution in [0, 0.1) is 31.1 Å². The highest BCUT2D eigenvalue weighted by molar-refractivity contribution is 8.25. The van der Waals surface area contributed by atoms with Crippen molar-refractivity contribution in [3.05, 3.63) is 64.2 Å². The van der Waals surface area contributed by atoms with E-state index in [1.54, 1.807) is 11.6 Å². The zero-order valence-corrected chi connectivity index (χ0v) is 27.6. The molecule has 0 saturated carbocycles. The van der Waals surface area contributed by atoms with E-state index in [0.717, 1.165) is 18.8 Å². The Morgan fingerprint density at radius 1 is 0.816 bits per heavy atom. The highest BCUT2D eigenvalue weighted by Crippen LogP contribution is 2.45. The average Bonchev–Trinajstić information content (AvgIpc) is 2.84. The van der Waals surface area contributed by atoms with Gasteiger partial charge in [-0.1, -0.05) is 112 Å². The third kappa shape index (κ3) is 7.51. The maximum absolute atomic E-state index is 11.0. The molecule has 0 saturated heterocycles. The van der Waals surface area contributed by atoms with Gasteiger partial charge in [-0.3, -0.25) is 0 Å². The summed E-state index contributed by atoms with van der Waals surface area (Å²) < 4.78 is 0. The minimum atomic E-state index is -0.431. The van der Waals surface area contributed by atoms with Crippen LogP contribution in [0.4, 0.5) is 0 Å². The monoisotopic (exact) mass is 536 g/mol. The van der Waals surface area contributed by atoms with E-state index in [1.165, 1.54) is 58.4 Å². The number of hydrogen-bond donors (Lipinski definition) is 1. The van der Waals surface area contributed by atoms with Crippen molar-refractivity contribution in [1.29, 1.82) is 0 Å². The summed E-state index contributed by atoms with van der Waals surface area (Å²) in [6.45, 7) is 27.4. The molecule has 0 bridgehead atoms. The molecule has 38 heavy (non-hydrogen) atoms. The van der Waals surface area contributed by atoms with E-state index in [2.05, 4.69) is 119 Å². The smallest absolute Gasteiger partial charge is 0.369 e. The quantitative estimate of drug-likeness (QED) is 0.257. The summed E-state index contributed by atoms with van der Waals surface area (Å²) in [7, 11) is 0. The van der Waals surface area contributed by atoms with Gasteiger partial charge in [-0.05, 0) is 96.0 Å². The lowest BCUT2D eigenvalue weighted by Crippen LogP contribution is -2.29. The Kier molecular flexibility index (Phi) is 11.7. The van der Waals surface area contributed by atoms with Crippen LogP contribution in [0.1, 0.15) is 129 Å². The molecule has 1 atom stereocenters. The first-order valence-corrected chi connectivity index (χ1v) is 16.1. The Morgan fingerprint density at radius 2 is 1.37 bits per heavy atom. The van der Waals surface area contributed by atoms with Crippen LogP contribution in [-0.2, 0) is 11.8 Å². The van der Waals surface area contributed by atoms with Gasteiger partial charge in [0.25, 0.3) is 0 Å². The molecule has 0 aliphatic carbocycles. The predicted molar refractivity (Wildman–Crippen MR) is 173 cm³/mol. The van der Waals surface area contributed by atoms with Gasteiger partial charge in [0.2, 0.25) is 0 Å². The fourth-order valence-electron chi connectivity index (χ4n) is 5.83. The zero-order chi connectivity index (χ0) is 28.9.